The van der Waals surface area contributed by atoms with Gasteiger partial charge in [-0.3, -0.25) is 0 Å². The van der Waals surface area contributed by atoms with Gasteiger partial charge in [0.25, 0.3) is 0 Å². The number of alkyl halides is 6. The highest BCUT2D eigenvalue weighted by Crippen LogP contribution is 2.39. The molecule has 0 amide bonds. The number of rotatable bonds is 2. The molecule has 2 nitrogen and oxygen atoms in total. The smallest absolute Gasteiger partial charge is 0.345 e. The van der Waals surface area contributed by atoms with Gasteiger partial charge in [0.2, 0.25) is 0 Å². The molecule has 23 heavy (non-hydrogen) atoms. The molecule has 0 bridgehead atoms. The van der Waals surface area contributed by atoms with Gasteiger partial charge in [0.05, 0.1) is 23.3 Å². The van der Waals surface area contributed by atoms with Gasteiger partial charge in [-0.25, -0.2) is 0 Å². The first-order valence-corrected chi connectivity index (χ1v) is 7.11. The molecule has 0 spiro atoms. The summed E-state index contributed by atoms with van der Waals surface area (Å²) in [5.41, 5.74) is -3.03. The maximum absolute atomic E-state index is 12.9. The molecule has 1 aromatic rings. The lowest BCUT2D eigenvalue weighted by Crippen LogP contribution is -2.32. The van der Waals surface area contributed by atoms with Crippen LogP contribution in [-0.2, 0) is 21.8 Å². The van der Waals surface area contributed by atoms with Crippen LogP contribution in [0, 0.1) is 0 Å². The van der Waals surface area contributed by atoms with Crippen molar-refractivity contribution in [2.75, 3.05) is 0 Å². The third kappa shape index (κ3) is 4.38. The summed E-state index contributed by atoms with van der Waals surface area (Å²) in [6.07, 6.45) is -10.5. The predicted octanol–water partition coefficient (Wildman–Crippen LogP) is 5.33. The summed E-state index contributed by atoms with van der Waals surface area (Å²) in [7, 11) is 0. The lowest BCUT2D eigenvalue weighted by Gasteiger charge is -2.34. The zero-order chi connectivity index (χ0) is 17.4. The minimum absolute atomic E-state index is 0.0903. The van der Waals surface area contributed by atoms with Crippen molar-refractivity contribution in [2.24, 2.45) is 0 Å². The molecule has 8 heteroatoms. The van der Waals surface area contributed by atoms with Crippen molar-refractivity contribution in [3.05, 3.63) is 34.9 Å². The summed E-state index contributed by atoms with van der Waals surface area (Å²) in [6, 6.07) is 1.38. The van der Waals surface area contributed by atoms with Crippen LogP contribution < -0.4 is 0 Å². The summed E-state index contributed by atoms with van der Waals surface area (Å²) in [6.45, 7) is 3.53. The molecule has 1 fully saturated rings. The van der Waals surface area contributed by atoms with E-state index in [1.54, 1.807) is 6.92 Å². The largest absolute Gasteiger partial charge is 0.416 e. The lowest BCUT2D eigenvalue weighted by atomic mass is 10.0. The van der Waals surface area contributed by atoms with E-state index in [9.17, 15) is 26.3 Å². The first kappa shape index (κ1) is 18.1. The van der Waals surface area contributed by atoms with E-state index in [4.69, 9.17) is 9.47 Å². The second kappa shape index (κ2) is 6.32. The molecule has 3 atom stereocenters. The van der Waals surface area contributed by atoms with Gasteiger partial charge in [0.15, 0.2) is 6.29 Å². The third-order valence-corrected chi connectivity index (χ3v) is 3.60. The monoisotopic (exact) mass is 342 g/mol. The molecule has 0 N–H and O–H groups in total. The van der Waals surface area contributed by atoms with E-state index in [1.165, 1.54) is 0 Å². The molecule has 1 aromatic carbocycles. The Labute approximate surface area is 129 Å². The van der Waals surface area contributed by atoms with Gasteiger partial charge in [-0.15, -0.1) is 0 Å². The molecular formula is C15H16F6O2. The first-order chi connectivity index (χ1) is 10.5. The number of hydrogen-bond donors (Lipinski definition) is 0. The average Bonchev–Trinajstić information content (AvgIpc) is 2.44. The second-order valence-electron chi connectivity index (χ2n) is 5.52. The summed E-state index contributed by atoms with van der Waals surface area (Å²) < 4.78 is 88.1. The molecule has 130 valence electrons. The van der Waals surface area contributed by atoms with Crippen molar-refractivity contribution in [3.63, 3.8) is 0 Å². The molecule has 0 aromatic heterocycles. The third-order valence-electron chi connectivity index (χ3n) is 3.60. The summed E-state index contributed by atoms with van der Waals surface area (Å²) >= 11 is 0. The molecular weight excluding hydrogens is 326 g/mol. The second-order valence-corrected chi connectivity index (χ2v) is 5.52. The SMILES string of the molecule is CCC1CC(C)OC(c2cc(C(F)(F)F)cc(C(F)(F)F)c2)O1. The molecule has 1 heterocycles. The maximum Gasteiger partial charge on any atom is 0.416 e. The predicted molar refractivity (Wildman–Crippen MR) is 69.5 cm³/mol. The van der Waals surface area contributed by atoms with Crippen molar-refractivity contribution in [3.8, 4) is 0 Å². The van der Waals surface area contributed by atoms with Crippen LogP contribution in [0.15, 0.2) is 18.2 Å². The Kier molecular flexibility index (Phi) is 4.96. The fourth-order valence-corrected chi connectivity index (χ4v) is 2.43. The zero-order valence-electron chi connectivity index (χ0n) is 12.5. The highest BCUT2D eigenvalue weighted by atomic mass is 19.4. The molecule has 2 rings (SSSR count). The lowest BCUT2D eigenvalue weighted by molar-refractivity contribution is -0.244. The molecule has 1 saturated heterocycles. The molecule has 0 aliphatic carbocycles. The first-order valence-electron chi connectivity index (χ1n) is 7.11. The van der Waals surface area contributed by atoms with E-state index in [1.807, 2.05) is 6.92 Å². The van der Waals surface area contributed by atoms with E-state index in [2.05, 4.69) is 0 Å². The minimum atomic E-state index is -4.89. The van der Waals surface area contributed by atoms with Gasteiger partial charge in [0.1, 0.15) is 0 Å². The standard InChI is InChI=1S/C15H16F6O2/c1-3-12-4-8(2)22-13(23-12)9-5-10(14(16,17)18)7-11(6-9)15(19,20)21/h5-8,12-13H,3-4H2,1-2H3. The van der Waals surface area contributed by atoms with Crippen molar-refractivity contribution >= 4 is 0 Å². The van der Waals surface area contributed by atoms with Crippen LogP contribution >= 0.6 is 0 Å². The Morgan fingerprint density at radius 2 is 1.48 bits per heavy atom. The van der Waals surface area contributed by atoms with Crippen molar-refractivity contribution < 1.29 is 35.8 Å². The van der Waals surface area contributed by atoms with Crippen molar-refractivity contribution in [1.82, 2.24) is 0 Å². The topological polar surface area (TPSA) is 18.5 Å². The highest BCUT2D eigenvalue weighted by molar-refractivity contribution is 5.34. The number of ether oxygens (including phenoxy) is 2. The van der Waals surface area contributed by atoms with Crippen LogP contribution in [0.4, 0.5) is 26.3 Å². The van der Waals surface area contributed by atoms with Crippen LogP contribution in [0.5, 0.6) is 0 Å². The summed E-state index contributed by atoms with van der Waals surface area (Å²) in [5.74, 6) is 0. The van der Waals surface area contributed by atoms with E-state index in [0.717, 1.165) is 0 Å². The highest BCUT2D eigenvalue weighted by Gasteiger charge is 2.38. The zero-order valence-corrected chi connectivity index (χ0v) is 12.5. The van der Waals surface area contributed by atoms with E-state index in [0.29, 0.717) is 25.0 Å². The summed E-state index contributed by atoms with van der Waals surface area (Å²) in [5, 5.41) is 0. The van der Waals surface area contributed by atoms with Gasteiger partial charge >= 0.3 is 12.4 Å². The molecule has 1 aliphatic heterocycles. The quantitative estimate of drug-likeness (QED) is 0.677. The van der Waals surface area contributed by atoms with E-state index >= 15 is 0 Å². The van der Waals surface area contributed by atoms with Crippen molar-refractivity contribution in [1.29, 1.82) is 0 Å². The van der Waals surface area contributed by atoms with E-state index < -0.39 is 29.8 Å². The Bertz CT molecular complexity index is 520. The number of hydrogen-bond acceptors (Lipinski definition) is 2. The Morgan fingerprint density at radius 3 is 1.91 bits per heavy atom. The van der Waals surface area contributed by atoms with Gasteiger partial charge in [-0.2, -0.15) is 26.3 Å². The van der Waals surface area contributed by atoms with Crippen LogP contribution in [-0.4, -0.2) is 12.2 Å². The van der Waals surface area contributed by atoms with E-state index in [-0.39, 0.29) is 23.8 Å². The van der Waals surface area contributed by atoms with Crippen LogP contribution in [0.3, 0.4) is 0 Å². The minimum Gasteiger partial charge on any atom is -0.345 e. The van der Waals surface area contributed by atoms with Gasteiger partial charge in [-0.1, -0.05) is 6.92 Å². The molecule has 1 aliphatic rings. The Hall–Kier alpha value is -1.28. The molecule has 3 unspecified atom stereocenters. The molecule has 0 radical (unpaired) electrons. The van der Waals surface area contributed by atoms with Crippen molar-refractivity contribution in [2.45, 2.75) is 57.5 Å². The maximum atomic E-state index is 12.9. The summed E-state index contributed by atoms with van der Waals surface area (Å²) in [4.78, 5) is 0. The molecule has 0 saturated carbocycles. The van der Waals surface area contributed by atoms with Crippen LogP contribution in [0.2, 0.25) is 0 Å². The van der Waals surface area contributed by atoms with Gasteiger partial charge in [0, 0.05) is 5.56 Å². The Morgan fingerprint density at radius 1 is 0.957 bits per heavy atom. The number of benzene rings is 1. The normalized spacial score (nSPS) is 26.3. The Balaban J connectivity index is 2.44. The number of halogens is 6. The van der Waals surface area contributed by atoms with Gasteiger partial charge < -0.3 is 9.47 Å². The van der Waals surface area contributed by atoms with Crippen LogP contribution in [0.25, 0.3) is 0 Å². The fraction of sp³-hybridized carbons (Fsp3) is 0.600. The fourth-order valence-electron chi connectivity index (χ4n) is 2.43. The average molecular weight is 342 g/mol. The van der Waals surface area contributed by atoms with Gasteiger partial charge in [-0.05, 0) is 38.0 Å². The van der Waals surface area contributed by atoms with Crippen LogP contribution in [0.1, 0.15) is 49.7 Å².